The summed E-state index contributed by atoms with van der Waals surface area (Å²) in [7, 11) is -3.29. The molecule has 0 aliphatic heterocycles. The Hall–Kier alpha value is -3.25. The van der Waals surface area contributed by atoms with Crippen LogP contribution in [0.3, 0.4) is 0 Å². The molecular weight excluding hydrogens is 423 g/mol. The largest absolute Gasteiger partial charge is 0.264 e. The van der Waals surface area contributed by atoms with Crippen LogP contribution in [0.5, 0.6) is 0 Å². The molecule has 1 heterocycles. The zero-order chi connectivity index (χ0) is 22.7. The fraction of sp³-hybridized carbons (Fsp3) is 0.192. The Labute approximate surface area is 188 Å². The van der Waals surface area contributed by atoms with E-state index in [0.717, 1.165) is 40.9 Å². The molecule has 0 atom stereocenters. The molecule has 4 aromatic rings. The summed E-state index contributed by atoms with van der Waals surface area (Å²) in [6, 6.07) is 23.6. The van der Waals surface area contributed by atoms with Crippen LogP contribution in [-0.2, 0) is 29.2 Å². The minimum atomic E-state index is -3.29. The lowest BCUT2D eigenvalue weighted by atomic mass is 9.96. The van der Waals surface area contributed by atoms with E-state index < -0.39 is 9.84 Å². The fourth-order valence-electron chi connectivity index (χ4n) is 3.90. The third kappa shape index (κ3) is 4.65. The Balaban J connectivity index is 1.85. The van der Waals surface area contributed by atoms with Gasteiger partial charge in [-0.3, -0.25) is 4.68 Å². The fourth-order valence-corrected chi connectivity index (χ4v) is 4.53. The van der Waals surface area contributed by atoms with Crippen molar-refractivity contribution in [3.05, 3.63) is 95.9 Å². The minimum Gasteiger partial charge on any atom is -0.264 e. The molecule has 0 aliphatic carbocycles. The summed E-state index contributed by atoms with van der Waals surface area (Å²) in [5.41, 5.74) is 5.77. The highest BCUT2D eigenvalue weighted by atomic mass is 32.2. The second kappa shape index (κ2) is 9.09. The standard InChI is InChI=1S/C26H25FN2O2S/c1-3-29-26(21-10-14-22(27)15-11-21)25(20-12-16-23(17-13-20)32(2,30)31)24(28-29)18-9-19-7-5-4-6-8-19/h4-8,10-17H,3,9,18H2,1-2H3. The van der Waals surface area contributed by atoms with Gasteiger partial charge in [0.15, 0.2) is 9.84 Å². The monoisotopic (exact) mass is 448 g/mol. The van der Waals surface area contributed by atoms with Crippen LogP contribution in [0.1, 0.15) is 18.2 Å². The maximum absolute atomic E-state index is 13.6. The minimum absolute atomic E-state index is 0.276. The summed E-state index contributed by atoms with van der Waals surface area (Å²) in [5, 5.41) is 4.89. The Kier molecular flexibility index (Phi) is 6.24. The van der Waals surface area contributed by atoms with Crippen LogP contribution in [-0.4, -0.2) is 24.5 Å². The van der Waals surface area contributed by atoms with E-state index in [-0.39, 0.29) is 10.7 Å². The van der Waals surface area contributed by atoms with E-state index >= 15 is 0 Å². The van der Waals surface area contributed by atoms with Crippen LogP contribution in [0.2, 0.25) is 0 Å². The molecule has 6 heteroatoms. The molecule has 0 fully saturated rings. The Morgan fingerprint density at radius 3 is 2.06 bits per heavy atom. The molecule has 164 valence electrons. The van der Waals surface area contributed by atoms with Gasteiger partial charge >= 0.3 is 0 Å². The number of rotatable bonds is 7. The molecule has 0 amide bonds. The highest BCUT2D eigenvalue weighted by Crippen LogP contribution is 2.36. The van der Waals surface area contributed by atoms with Crippen molar-refractivity contribution < 1.29 is 12.8 Å². The molecule has 4 rings (SSSR count). The van der Waals surface area contributed by atoms with Crippen molar-refractivity contribution in [3.63, 3.8) is 0 Å². The van der Waals surface area contributed by atoms with Gasteiger partial charge in [0.2, 0.25) is 0 Å². The number of benzene rings is 3. The van der Waals surface area contributed by atoms with Gasteiger partial charge in [0.05, 0.1) is 16.3 Å². The normalized spacial score (nSPS) is 11.6. The van der Waals surface area contributed by atoms with Crippen LogP contribution in [0, 0.1) is 5.82 Å². The van der Waals surface area contributed by atoms with Crippen LogP contribution in [0.4, 0.5) is 4.39 Å². The first-order chi connectivity index (χ1) is 15.4. The third-order valence-electron chi connectivity index (χ3n) is 5.51. The molecule has 0 bridgehead atoms. The van der Waals surface area contributed by atoms with Crippen molar-refractivity contribution in [2.75, 3.05) is 6.26 Å². The first-order valence-electron chi connectivity index (χ1n) is 10.6. The van der Waals surface area contributed by atoms with Crippen LogP contribution in [0.25, 0.3) is 22.4 Å². The first-order valence-corrected chi connectivity index (χ1v) is 12.5. The first kappa shape index (κ1) is 22.0. The second-order valence-corrected chi connectivity index (χ2v) is 9.79. The van der Waals surface area contributed by atoms with E-state index in [1.807, 2.05) is 41.9 Å². The quantitative estimate of drug-likeness (QED) is 0.372. The zero-order valence-electron chi connectivity index (χ0n) is 18.1. The molecule has 0 spiro atoms. The van der Waals surface area contributed by atoms with Gasteiger partial charge in [-0.15, -0.1) is 0 Å². The van der Waals surface area contributed by atoms with E-state index in [1.54, 1.807) is 24.3 Å². The van der Waals surface area contributed by atoms with Crippen LogP contribution < -0.4 is 0 Å². The Morgan fingerprint density at radius 2 is 1.47 bits per heavy atom. The topological polar surface area (TPSA) is 52.0 Å². The molecule has 0 radical (unpaired) electrons. The lowest BCUT2D eigenvalue weighted by Crippen LogP contribution is -2.00. The number of nitrogens with zero attached hydrogens (tertiary/aromatic N) is 2. The van der Waals surface area contributed by atoms with Gasteiger partial charge in [0.1, 0.15) is 5.82 Å². The molecule has 32 heavy (non-hydrogen) atoms. The predicted octanol–water partition coefficient (Wildman–Crippen LogP) is 5.56. The van der Waals surface area contributed by atoms with Crippen LogP contribution >= 0.6 is 0 Å². The van der Waals surface area contributed by atoms with Crippen molar-refractivity contribution in [3.8, 4) is 22.4 Å². The molecule has 0 aliphatic rings. The maximum Gasteiger partial charge on any atom is 0.175 e. The molecule has 4 nitrogen and oxygen atoms in total. The second-order valence-electron chi connectivity index (χ2n) is 7.78. The van der Waals surface area contributed by atoms with Gasteiger partial charge in [-0.1, -0.05) is 42.5 Å². The van der Waals surface area contributed by atoms with E-state index in [4.69, 9.17) is 5.10 Å². The number of aryl methyl sites for hydroxylation is 3. The predicted molar refractivity (Wildman–Crippen MR) is 126 cm³/mol. The maximum atomic E-state index is 13.6. The van der Waals surface area contributed by atoms with Crippen molar-refractivity contribution in [1.29, 1.82) is 0 Å². The number of aromatic nitrogens is 2. The average Bonchev–Trinajstić information content (AvgIpc) is 3.17. The van der Waals surface area contributed by atoms with Gasteiger partial charge in [-0.25, -0.2) is 12.8 Å². The SMILES string of the molecule is CCn1nc(CCc2ccccc2)c(-c2ccc(S(C)(=O)=O)cc2)c1-c1ccc(F)cc1. The van der Waals surface area contributed by atoms with Gasteiger partial charge < -0.3 is 0 Å². The molecule has 0 saturated carbocycles. The highest BCUT2D eigenvalue weighted by molar-refractivity contribution is 7.90. The Morgan fingerprint density at radius 1 is 0.844 bits per heavy atom. The van der Waals surface area contributed by atoms with E-state index in [0.29, 0.717) is 6.54 Å². The van der Waals surface area contributed by atoms with Crippen molar-refractivity contribution >= 4 is 9.84 Å². The summed E-state index contributed by atoms with van der Waals surface area (Å²) < 4.78 is 39.4. The third-order valence-corrected chi connectivity index (χ3v) is 6.64. The lowest BCUT2D eigenvalue weighted by Gasteiger charge is -2.10. The zero-order valence-corrected chi connectivity index (χ0v) is 18.9. The van der Waals surface area contributed by atoms with Gasteiger partial charge in [0, 0.05) is 23.9 Å². The summed E-state index contributed by atoms with van der Waals surface area (Å²) in [6.45, 7) is 2.68. The molecule has 0 N–H and O–H groups in total. The molecular formula is C26H25FN2O2S. The summed E-state index contributed by atoms with van der Waals surface area (Å²) in [4.78, 5) is 0.276. The van der Waals surface area contributed by atoms with Gasteiger partial charge in [-0.05, 0) is 67.3 Å². The molecule has 0 unspecified atom stereocenters. The van der Waals surface area contributed by atoms with Crippen molar-refractivity contribution in [1.82, 2.24) is 9.78 Å². The van der Waals surface area contributed by atoms with E-state index in [2.05, 4.69) is 12.1 Å². The number of sulfone groups is 1. The van der Waals surface area contributed by atoms with E-state index in [9.17, 15) is 12.8 Å². The molecule has 3 aromatic carbocycles. The summed E-state index contributed by atoms with van der Waals surface area (Å²) in [6.07, 6.45) is 2.76. The number of hydrogen-bond donors (Lipinski definition) is 0. The summed E-state index contributed by atoms with van der Waals surface area (Å²) >= 11 is 0. The van der Waals surface area contributed by atoms with Gasteiger partial charge in [-0.2, -0.15) is 5.10 Å². The number of halogens is 1. The van der Waals surface area contributed by atoms with Gasteiger partial charge in [0.25, 0.3) is 0 Å². The van der Waals surface area contributed by atoms with Crippen LogP contribution in [0.15, 0.2) is 83.8 Å². The average molecular weight is 449 g/mol. The molecule has 1 aromatic heterocycles. The lowest BCUT2D eigenvalue weighted by molar-refractivity contribution is 0.602. The highest BCUT2D eigenvalue weighted by Gasteiger charge is 2.21. The van der Waals surface area contributed by atoms with Crippen molar-refractivity contribution in [2.45, 2.75) is 31.2 Å². The number of hydrogen-bond acceptors (Lipinski definition) is 3. The van der Waals surface area contributed by atoms with Crippen molar-refractivity contribution in [2.24, 2.45) is 0 Å². The smallest absolute Gasteiger partial charge is 0.175 e. The Bertz CT molecular complexity index is 1310. The summed E-state index contributed by atoms with van der Waals surface area (Å²) in [5.74, 6) is -0.292. The molecule has 0 saturated heterocycles. The van der Waals surface area contributed by atoms with E-state index in [1.165, 1.54) is 24.0 Å².